The van der Waals surface area contributed by atoms with Gasteiger partial charge in [-0.2, -0.15) is 0 Å². The summed E-state index contributed by atoms with van der Waals surface area (Å²) in [6.07, 6.45) is 7.34. The lowest BCUT2D eigenvalue weighted by Crippen LogP contribution is -2.47. The molecule has 6 heteroatoms. The molecule has 1 amide bonds. The molecule has 0 spiro atoms. The molecule has 5 rings (SSSR count). The molecule has 0 heterocycles. The second kappa shape index (κ2) is 9.76. The summed E-state index contributed by atoms with van der Waals surface area (Å²) >= 11 is 1.46. The third kappa shape index (κ3) is 5.33. The molecule has 4 bridgehead atoms. The Morgan fingerprint density at radius 2 is 1.65 bits per heavy atom. The molecule has 1 aromatic rings. The number of aliphatic carboxylic acids is 1. The van der Waals surface area contributed by atoms with Crippen LogP contribution in [0.5, 0.6) is 0 Å². The summed E-state index contributed by atoms with van der Waals surface area (Å²) in [6, 6.07) is 8.94. The third-order valence-corrected chi connectivity index (χ3v) is 8.66. The van der Waals surface area contributed by atoms with E-state index in [2.05, 4.69) is 5.32 Å². The molecule has 4 aliphatic carbocycles. The monoisotopic (exact) mass is 443 g/mol. The van der Waals surface area contributed by atoms with Gasteiger partial charge in [-0.1, -0.05) is 42.1 Å². The van der Waals surface area contributed by atoms with Crippen molar-refractivity contribution in [3.8, 4) is 0 Å². The molecule has 0 saturated heterocycles. The van der Waals surface area contributed by atoms with E-state index in [1.54, 1.807) is 0 Å². The van der Waals surface area contributed by atoms with Crippen molar-refractivity contribution in [2.75, 3.05) is 5.75 Å². The summed E-state index contributed by atoms with van der Waals surface area (Å²) in [5.74, 6) is 2.55. The van der Waals surface area contributed by atoms with Crippen LogP contribution in [0.4, 0.5) is 0 Å². The van der Waals surface area contributed by atoms with E-state index >= 15 is 0 Å². The number of rotatable bonds is 9. The number of carbonyl (C=O) groups excluding carboxylic acids is 2. The Balaban J connectivity index is 1.32. The molecule has 0 unspecified atom stereocenters. The number of carbonyl (C=O) groups is 3. The van der Waals surface area contributed by atoms with Crippen molar-refractivity contribution in [1.82, 2.24) is 5.32 Å². The molecule has 168 valence electrons. The summed E-state index contributed by atoms with van der Waals surface area (Å²) in [5.41, 5.74) is 1.06. The zero-order chi connectivity index (χ0) is 22.0. The van der Waals surface area contributed by atoms with Crippen LogP contribution in [0.25, 0.3) is 0 Å². The number of benzene rings is 1. The molecule has 0 aromatic heterocycles. The molecule has 4 saturated carbocycles. The number of nitrogens with one attached hydrogen (secondary N) is 1. The second-order valence-corrected chi connectivity index (χ2v) is 11.0. The SMILES string of the molecule is C[C@H](NC(=O)C[C@@H](CCSC(=O)C1C2CC3CC(C2)CC1C3)c1ccccc1)C(=O)O. The van der Waals surface area contributed by atoms with Crippen molar-refractivity contribution in [1.29, 1.82) is 0 Å². The molecule has 5 nitrogen and oxygen atoms in total. The zero-order valence-electron chi connectivity index (χ0n) is 18.2. The standard InChI is InChI=1S/C25H33NO4S/c1-15(24(28)29)26-22(27)14-19(18-5-3-2-4-6-18)7-8-31-25(30)23-20-10-16-9-17(12-20)13-21(23)11-16/h2-6,15-17,19-21,23H,7-14H2,1H3,(H,26,27)(H,28,29)/t15-,16?,17?,19+,20?,21?,23?/m0/s1. The van der Waals surface area contributed by atoms with Crippen LogP contribution in [0.15, 0.2) is 30.3 Å². The number of amides is 1. The van der Waals surface area contributed by atoms with E-state index in [4.69, 9.17) is 5.11 Å². The fourth-order valence-electron chi connectivity index (χ4n) is 6.41. The summed E-state index contributed by atoms with van der Waals surface area (Å²) in [7, 11) is 0. The molecule has 0 radical (unpaired) electrons. The maximum atomic E-state index is 13.1. The van der Waals surface area contributed by atoms with Gasteiger partial charge in [0, 0.05) is 18.1 Å². The predicted octanol–water partition coefficient (Wildman–Crippen LogP) is 4.47. The molecule has 2 N–H and O–H groups in total. The van der Waals surface area contributed by atoms with E-state index < -0.39 is 12.0 Å². The van der Waals surface area contributed by atoms with Crippen molar-refractivity contribution in [3.63, 3.8) is 0 Å². The number of hydrogen-bond donors (Lipinski definition) is 2. The van der Waals surface area contributed by atoms with Gasteiger partial charge in [0.1, 0.15) is 6.04 Å². The third-order valence-electron chi connectivity index (χ3n) is 7.66. The summed E-state index contributed by atoms with van der Waals surface area (Å²) in [6.45, 7) is 1.47. The van der Waals surface area contributed by atoms with Crippen LogP contribution in [-0.4, -0.2) is 33.9 Å². The van der Waals surface area contributed by atoms with Gasteiger partial charge in [0.15, 0.2) is 5.12 Å². The smallest absolute Gasteiger partial charge is 0.325 e. The van der Waals surface area contributed by atoms with Crippen LogP contribution in [0, 0.1) is 29.6 Å². The van der Waals surface area contributed by atoms with E-state index in [0.29, 0.717) is 22.7 Å². The van der Waals surface area contributed by atoms with Crippen molar-refractivity contribution in [2.24, 2.45) is 29.6 Å². The van der Waals surface area contributed by atoms with Gasteiger partial charge in [-0.15, -0.1) is 0 Å². The molecular weight excluding hydrogens is 410 g/mol. The Kier molecular flexibility index (Phi) is 7.05. The summed E-state index contributed by atoms with van der Waals surface area (Å²) in [4.78, 5) is 36.6. The first-order valence-electron chi connectivity index (χ1n) is 11.6. The fraction of sp³-hybridized carbons (Fsp3) is 0.640. The molecule has 2 atom stereocenters. The van der Waals surface area contributed by atoms with Gasteiger partial charge in [0.25, 0.3) is 0 Å². The van der Waals surface area contributed by atoms with Gasteiger partial charge in [-0.05, 0) is 80.6 Å². The van der Waals surface area contributed by atoms with E-state index in [9.17, 15) is 14.4 Å². The molecule has 0 aliphatic heterocycles. The lowest BCUT2D eigenvalue weighted by Gasteiger charge is -2.53. The average Bonchev–Trinajstić information content (AvgIpc) is 2.72. The minimum absolute atomic E-state index is 0.0269. The first-order chi connectivity index (χ1) is 14.9. The van der Waals surface area contributed by atoms with E-state index in [0.717, 1.165) is 23.8 Å². The number of hydrogen-bond acceptors (Lipinski definition) is 4. The molecule has 4 fully saturated rings. The highest BCUT2D eigenvalue weighted by atomic mass is 32.2. The molecule has 1 aromatic carbocycles. The highest BCUT2D eigenvalue weighted by Gasteiger charge is 2.50. The van der Waals surface area contributed by atoms with Crippen molar-refractivity contribution in [2.45, 2.75) is 63.8 Å². The van der Waals surface area contributed by atoms with Crippen molar-refractivity contribution in [3.05, 3.63) is 35.9 Å². The normalized spacial score (nSPS) is 30.5. The second-order valence-electron chi connectivity index (χ2n) is 9.85. The lowest BCUT2D eigenvalue weighted by atomic mass is 9.52. The first-order valence-corrected chi connectivity index (χ1v) is 12.6. The maximum Gasteiger partial charge on any atom is 0.325 e. The zero-order valence-corrected chi connectivity index (χ0v) is 19.0. The van der Waals surface area contributed by atoms with Gasteiger partial charge < -0.3 is 10.4 Å². The first kappa shape index (κ1) is 22.4. The van der Waals surface area contributed by atoms with Gasteiger partial charge in [-0.3, -0.25) is 14.4 Å². The van der Waals surface area contributed by atoms with Gasteiger partial charge in [-0.25, -0.2) is 0 Å². The Hall–Kier alpha value is -1.82. The Morgan fingerprint density at radius 1 is 1.03 bits per heavy atom. The summed E-state index contributed by atoms with van der Waals surface area (Å²) < 4.78 is 0. The molecule has 4 aliphatic rings. The summed E-state index contributed by atoms with van der Waals surface area (Å²) in [5, 5.41) is 12.0. The minimum atomic E-state index is -1.04. The Bertz CT molecular complexity index is 783. The average molecular weight is 444 g/mol. The predicted molar refractivity (Wildman–Crippen MR) is 122 cm³/mol. The quantitative estimate of drug-likeness (QED) is 0.588. The molecule has 31 heavy (non-hydrogen) atoms. The molecular formula is C25H33NO4S. The minimum Gasteiger partial charge on any atom is -0.480 e. The van der Waals surface area contributed by atoms with Crippen LogP contribution in [0.1, 0.15) is 63.4 Å². The highest BCUT2D eigenvalue weighted by molar-refractivity contribution is 8.13. The number of carboxylic acids is 1. The highest BCUT2D eigenvalue weighted by Crippen LogP contribution is 2.57. The Labute approximate surface area is 188 Å². The van der Waals surface area contributed by atoms with Gasteiger partial charge >= 0.3 is 5.97 Å². The van der Waals surface area contributed by atoms with Gasteiger partial charge in [0.05, 0.1) is 0 Å². The van der Waals surface area contributed by atoms with Gasteiger partial charge in [0.2, 0.25) is 5.91 Å². The van der Waals surface area contributed by atoms with Crippen LogP contribution in [-0.2, 0) is 14.4 Å². The van der Waals surface area contributed by atoms with Crippen LogP contribution >= 0.6 is 11.8 Å². The lowest BCUT2D eigenvalue weighted by molar-refractivity contribution is -0.141. The largest absolute Gasteiger partial charge is 0.480 e. The van der Waals surface area contributed by atoms with E-state index in [1.165, 1.54) is 50.8 Å². The number of carboxylic acid groups (broad SMARTS) is 1. The van der Waals surface area contributed by atoms with Crippen molar-refractivity contribution >= 4 is 28.8 Å². The van der Waals surface area contributed by atoms with E-state index in [1.807, 2.05) is 30.3 Å². The topological polar surface area (TPSA) is 83.5 Å². The maximum absolute atomic E-state index is 13.1. The van der Waals surface area contributed by atoms with Crippen LogP contribution in [0.2, 0.25) is 0 Å². The number of thioether (sulfide) groups is 1. The van der Waals surface area contributed by atoms with Crippen molar-refractivity contribution < 1.29 is 19.5 Å². The van der Waals surface area contributed by atoms with E-state index in [-0.39, 0.29) is 24.2 Å². The fourth-order valence-corrected chi connectivity index (χ4v) is 7.59. The Morgan fingerprint density at radius 3 is 2.23 bits per heavy atom. The van der Waals surface area contributed by atoms with Crippen LogP contribution < -0.4 is 5.32 Å². The van der Waals surface area contributed by atoms with Crippen LogP contribution in [0.3, 0.4) is 0 Å².